The smallest absolute Gasteiger partial charge is 0.466 e. The number of aliphatic hydroxyl groups excluding tert-OH is 3. The van der Waals surface area contributed by atoms with E-state index in [0.717, 1.165) is 96.2 Å². The van der Waals surface area contributed by atoms with Crippen LogP contribution in [0.2, 0.25) is 0 Å². The average Bonchev–Trinajstić information content (AvgIpc) is 4.30. The molecule has 0 heterocycles. The number of aliphatic hydroxyl groups is 3. The van der Waals surface area contributed by atoms with Crippen LogP contribution in [0.1, 0.15) is 264 Å². The molecule has 0 aromatic carbocycles. The van der Waals surface area contributed by atoms with Crippen molar-refractivity contribution in [1.29, 1.82) is 0 Å². The molecule has 10 fully saturated rings. The summed E-state index contributed by atoms with van der Waals surface area (Å²) >= 11 is 0. The second-order valence-electron chi connectivity index (χ2n) is 24.2. The number of carbonyl (C=O) groups is 4. The van der Waals surface area contributed by atoms with Crippen molar-refractivity contribution >= 4 is 31.0 Å². The first-order valence-corrected chi connectivity index (χ1v) is 32.0. The Labute approximate surface area is 622 Å². The Morgan fingerprint density at radius 2 is 0.615 bits per heavy atom. The fourth-order valence-corrected chi connectivity index (χ4v) is 12.7. The molecule has 0 radical (unpaired) electrons. The van der Waals surface area contributed by atoms with Crippen LogP contribution in [-0.4, -0.2) is 110 Å². The van der Waals surface area contributed by atoms with Crippen LogP contribution in [0.3, 0.4) is 0 Å². The van der Waals surface area contributed by atoms with Gasteiger partial charge in [0, 0.05) is 69.1 Å². The first-order valence-electron chi connectivity index (χ1n) is 32.0. The maximum Gasteiger partial charge on any atom is 2.00 e. The van der Waals surface area contributed by atoms with Gasteiger partial charge in [0.15, 0.2) is 0 Å². The molecule has 10 aliphatic rings. The Hall–Kier alpha value is 0.347. The van der Waals surface area contributed by atoms with Gasteiger partial charge in [0.1, 0.15) is 18.9 Å². The van der Waals surface area contributed by atoms with E-state index < -0.39 is 0 Å². The Kier molecular flexibility index (Phi) is 130. The summed E-state index contributed by atoms with van der Waals surface area (Å²) in [4.78, 5) is 44.0. The van der Waals surface area contributed by atoms with Crippen LogP contribution in [0.4, 0.5) is 0 Å². The minimum atomic E-state index is -0.258. The van der Waals surface area contributed by atoms with Crippen molar-refractivity contribution in [3.8, 4) is 0 Å². The van der Waals surface area contributed by atoms with Crippen molar-refractivity contribution < 1.29 is 130 Å². The molecule has 10 aliphatic carbocycles. The molecule has 0 aromatic heterocycles. The molecule has 0 amide bonds. The van der Waals surface area contributed by atoms with Crippen molar-refractivity contribution in [3.05, 3.63) is 74.3 Å². The molecule has 0 spiro atoms. The van der Waals surface area contributed by atoms with Crippen molar-refractivity contribution in [3.63, 3.8) is 0 Å². The van der Waals surface area contributed by atoms with E-state index in [1.54, 1.807) is 0 Å². The molecule has 10 unspecified atom stereocenters. The van der Waals surface area contributed by atoms with Crippen molar-refractivity contribution in [2.75, 3.05) is 53.6 Å². The van der Waals surface area contributed by atoms with E-state index in [-0.39, 0.29) is 202 Å². The molecule has 91 heavy (non-hydrogen) atoms. The van der Waals surface area contributed by atoms with Crippen molar-refractivity contribution in [2.24, 2.45) is 70.1 Å². The molecule has 12 nitrogen and oxygen atoms in total. The molecule has 0 saturated heterocycles. The molecular formula is C74H151Fe5N3O9. The second-order valence-corrected chi connectivity index (χ2v) is 24.2. The van der Waals surface area contributed by atoms with Gasteiger partial charge in [-0.1, -0.05) is 193 Å². The van der Waals surface area contributed by atoms with Gasteiger partial charge in [-0.25, -0.2) is 0 Å². The zero-order chi connectivity index (χ0) is 55.7. The van der Waals surface area contributed by atoms with Gasteiger partial charge >= 0.3 is 91.3 Å². The van der Waals surface area contributed by atoms with Crippen LogP contribution in [-0.2, 0) is 109 Å². The van der Waals surface area contributed by atoms with Gasteiger partial charge < -0.3 is 125 Å². The number of ether oxygens (including phenoxy) is 1. The van der Waals surface area contributed by atoms with Gasteiger partial charge in [0.2, 0.25) is 0 Å². The van der Waals surface area contributed by atoms with Crippen LogP contribution < -0.4 is 5.73 Å². The third-order valence-corrected chi connectivity index (χ3v) is 17.8. The number of carbonyl (C=O) groups excluding carboxylic acids is 4. The summed E-state index contributed by atoms with van der Waals surface area (Å²) in [5, 5.41) is 37.5. The van der Waals surface area contributed by atoms with Crippen LogP contribution >= 0.6 is 0 Å². The SMILES string of the molecule is C1CCCC1.C1CCCC1.C1CCCC1.C1CCCC1.C1CCCC1.CC(=O)OCC1CCCC1C=O.CN(C)CC1CCCC1C=O.NCC1CCCC1CO.O=CC1CCCC1CO.OCC1CCCC1/C=N/O.[CH3-].[CH3-].[CH3-].[CH3-].[CH3-].[CH3-].[CH3-].[CH3-].[CH3-].[CH3-].[Fe+2].[Fe+2].[Fe+2].[Fe+2].[Fe+2]. The quantitative estimate of drug-likeness (QED) is 0.0237. The molecule has 10 atom stereocenters. The molecule has 17 heteroatoms. The minimum absolute atomic E-state index is 0. The zero-order valence-corrected chi connectivity index (χ0v) is 66.7. The minimum Gasteiger partial charge on any atom is -0.466 e. The van der Waals surface area contributed by atoms with Crippen LogP contribution in [0.15, 0.2) is 5.16 Å². The fourth-order valence-electron chi connectivity index (χ4n) is 12.7. The normalized spacial score (nSPS) is 24.7. The predicted molar refractivity (Wildman–Crippen MR) is 378 cm³/mol. The third kappa shape index (κ3) is 68.7. The standard InChI is InChI=1S/C9H17NO.C9H14O3.C7H13NO2.C7H15NO.C7H12O2.5C5H10.10CH3.5Fe/c1-10(2)6-8-4-3-5-9(8)7-11;1-7(11)12-6-9-4-2-3-8(9)5-10;9-5-7-3-1-2-6(7)4-8-10;2*8-4-6-2-1-3-7(6)5-9;5*1-2-4-5-3-1;;;;;;;;;;;;;;;/h7-9H,3-6H2,1-2H3;5,8-9H,2-4,6H2,1H3;4,6-7,9-10H,1-3,5H2;6-7,9H,1-5,8H2;4,6-7,9H,1-3,5H2;5*1-5H2;10*1H3;;;;;/q;;;;;;;;;;10*-1;5*+2/b;;8-4+;;;;;;;;;;;;;;;;;;;;;;. The van der Waals surface area contributed by atoms with Gasteiger partial charge in [-0.15, -0.1) is 5.16 Å². The van der Waals surface area contributed by atoms with E-state index in [4.69, 9.17) is 31.0 Å². The largest absolute Gasteiger partial charge is 2.00 e. The summed E-state index contributed by atoms with van der Waals surface area (Å²) < 4.78 is 4.86. The first-order chi connectivity index (χ1) is 37.1. The second kappa shape index (κ2) is 92.4. The van der Waals surface area contributed by atoms with Gasteiger partial charge in [-0.2, -0.15) is 0 Å². The van der Waals surface area contributed by atoms with E-state index in [1.807, 2.05) is 0 Å². The molecule has 556 valence electrons. The van der Waals surface area contributed by atoms with E-state index in [1.165, 1.54) is 206 Å². The number of aldehydes is 3. The number of esters is 1. The number of nitrogens with zero attached hydrogens (tertiary/aromatic N) is 2. The molecular weight excluding hydrogens is 1350 g/mol. The topological polar surface area (TPSA) is 200 Å². The van der Waals surface area contributed by atoms with Crippen LogP contribution in [0.25, 0.3) is 0 Å². The first kappa shape index (κ1) is 128. The van der Waals surface area contributed by atoms with Gasteiger partial charge in [0.05, 0.1) is 6.61 Å². The number of oxime groups is 1. The summed E-state index contributed by atoms with van der Waals surface area (Å²) in [6, 6.07) is 0. The average molecular weight is 1510 g/mol. The van der Waals surface area contributed by atoms with E-state index in [0.29, 0.717) is 48.7 Å². The Morgan fingerprint density at radius 1 is 0.385 bits per heavy atom. The monoisotopic (exact) mass is 1510 g/mol. The van der Waals surface area contributed by atoms with Crippen molar-refractivity contribution in [2.45, 2.75) is 264 Å². The Morgan fingerprint density at radius 3 is 0.857 bits per heavy atom. The summed E-state index contributed by atoms with van der Waals surface area (Å²) in [6.07, 6.45) is 58.8. The number of nitrogens with two attached hydrogens (primary N) is 1. The number of hydrogen-bond acceptors (Lipinski definition) is 12. The zero-order valence-electron chi connectivity index (χ0n) is 61.2. The maximum atomic E-state index is 10.6. The molecule has 6 N–H and O–H groups in total. The fraction of sp³-hybridized carbons (Fsp3) is 0.797. The summed E-state index contributed by atoms with van der Waals surface area (Å²) in [7, 11) is 4.14. The molecule has 0 bridgehead atoms. The van der Waals surface area contributed by atoms with Gasteiger partial charge in [0.25, 0.3) is 0 Å². The molecule has 10 rings (SSSR count). The predicted octanol–water partition coefficient (Wildman–Crippen LogP) is 18.4. The summed E-state index contributed by atoms with van der Waals surface area (Å²) in [5.41, 5.74) is 5.49. The summed E-state index contributed by atoms with van der Waals surface area (Å²) in [5.74, 6) is 3.26. The van der Waals surface area contributed by atoms with Crippen LogP contribution in [0.5, 0.6) is 0 Å². The molecule has 10 saturated carbocycles. The van der Waals surface area contributed by atoms with Gasteiger partial charge in [-0.3, -0.25) is 4.79 Å². The summed E-state index contributed by atoms with van der Waals surface area (Å²) in [6.45, 7) is 4.38. The molecule has 0 aromatic rings. The number of hydrogen-bond donors (Lipinski definition) is 5. The molecule has 0 aliphatic heterocycles. The Bertz CT molecular complexity index is 1270. The van der Waals surface area contributed by atoms with Crippen LogP contribution in [0, 0.1) is 133 Å². The van der Waals surface area contributed by atoms with E-state index in [2.05, 4.69) is 24.2 Å². The number of rotatable bonds is 12. The van der Waals surface area contributed by atoms with E-state index >= 15 is 0 Å². The van der Waals surface area contributed by atoms with E-state index in [9.17, 15) is 19.2 Å². The van der Waals surface area contributed by atoms with Gasteiger partial charge in [-0.05, 0) is 114 Å². The third-order valence-electron chi connectivity index (χ3n) is 17.8. The Balaban J connectivity index is -0.0000000540. The van der Waals surface area contributed by atoms with Crippen molar-refractivity contribution in [1.82, 2.24) is 4.90 Å². The maximum absolute atomic E-state index is 10.6.